The zero-order valence-corrected chi connectivity index (χ0v) is 9.22. The highest BCUT2D eigenvalue weighted by Crippen LogP contribution is 2.38. The predicted octanol–water partition coefficient (Wildman–Crippen LogP) is 0.910. The van der Waals surface area contributed by atoms with E-state index in [1.807, 2.05) is 0 Å². The van der Waals surface area contributed by atoms with Crippen LogP contribution in [0.1, 0.15) is 36.8 Å². The van der Waals surface area contributed by atoms with Crippen molar-refractivity contribution in [2.24, 2.45) is 5.92 Å². The van der Waals surface area contributed by atoms with Gasteiger partial charge in [-0.2, -0.15) is 9.97 Å². The van der Waals surface area contributed by atoms with Crippen molar-refractivity contribution >= 4 is 5.95 Å². The van der Waals surface area contributed by atoms with Crippen LogP contribution in [0.15, 0.2) is 0 Å². The Morgan fingerprint density at radius 1 is 1.19 bits per heavy atom. The number of nitrogens with zero attached hydrogens (tertiary/aromatic N) is 3. The number of nitrogen functional groups attached to an aromatic ring is 1. The summed E-state index contributed by atoms with van der Waals surface area (Å²) in [6.07, 6.45) is 4.35. The van der Waals surface area contributed by atoms with Crippen LogP contribution in [-0.2, 0) is 11.2 Å². The summed E-state index contributed by atoms with van der Waals surface area (Å²) in [5.74, 6) is 3.18. The largest absolute Gasteiger partial charge is 0.381 e. The normalized spacial score (nSPS) is 24.9. The Hall–Kier alpha value is -1.23. The van der Waals surface area contributed by atoms with E-state index < -0.39 is 0 Å². The third-order valence-corrected chi connectivity index (χ3v) is 3.15. The van der Waals surface area contributed by atoms with Gasteiger partial charge in [0.15, 0.2) is 0 Å². The molecule has 1 aromatic heterocycles. The Kier molecular flexibility index (Phi) is 2.47. The number of aromatic nitrogens is 3. The molecule has 5 nitrogen and oxygen atoms in total. The number of nitrogens with two attached hydrogens (primary N) is 1. The van der Waals surface area contributed by atoms with Gasteiger partial charge in [-0.05, 0) is 25.2 Å². The fourth-order valence-electron chi connectivity index (χ4n) is 2.07. The molecular weight excluding hydrogens is 204 g/mol. The van der Waals surface area contributed by atoms with Crippen LogP contribution in [0.5, 0.6) is 0 Å². The van der Waals surface area contributed by atoms with Crippen molar-refractivity contribution in [3.05, 3.63) is 11.6 Å². The minimum atomic E-state index is 0.366. The molecule has 5 heteroatoms. The summed E-state index contributed by atoms with van der Waals surface area (Å²) in [4.78, 5) is 12.9. The van der Waals surface area contributed by atoms with Crippen LogP contribution in [0.3, 0.4) is 0 Å². The second-order valence-electron chi connectivity index (χ2n) is 4.68. The average Bonchev–Trinajstić information content (AvgIpc) is 2.98. The van der Waals surface area contributed by atoms with E-state index in [0.717, 1.165) is 37.7 Å². The van der Waals surface area contributed by atoms with Crippen molar-refractivity contribution in [3.63, 3.8) is 0 Å². The van der Waals surface area contributed by atoms with Gasteiger partial charge in [-0.15, -0.1) is 0 Å². The lowest BCUT2D eigenvalue weighted by Crippen LogP contribution is -2.11. The third-order valence-electron chi connectivity index (χ3n) is 3.15. The van der Waals surface area contributed by atoms with Crippen molar-refractivity contribution < 1.29 is 4.74 Å². The maximum Gasteiger partial charge on any atom is 0.223 e. The number of hydrogen-bond donors (Lipinski definition) is 1. The molecule has 0 aromatic carbocycles. The molecule has 1 saturated carbocycles. The molecule has 0 bridgehead atoms. The molecule has 2 heterocycles. The van der Waals surface area contributed by atoms with Crippen LogP contribution in [-0.4, -0.2) is 28.2 Å². The zero-order valence-electron chi connectivity index (χ0n) is 9.22. The van der Waals surface area contributed by atoms with Crippen LogP contribution in [0, 0.1) is 5.92 Å². The van der Waals surface area contributed by atoms with Crippen LogP contribution in [0.4, 0.5) is 5.95 Å². The molecule has 0 radical (unpaired) electrons. The lowest BCUT2D eigenvalue weighted by molar-refractivity contribution is 0.185. The topological polar surface area (TPSA) is 73.9 Å². The minimum absolute atomic E-state index is 0.366. The second-order valence-corrected chi connectivity index (χ2v) is 4.68. The van der Waals surface area contributed by atoms with Gasteiger partial charge in [0.05, 0.1) is 0 Å². The molecule has 3 rings (SSSR count). The number of anilines is 1. The summed E-state index contributed by atoms with van der Waals surface area (Å²) in [5, 5.41) is 0. The summed E-state index contributed by atoms with van der Waals surface area (Å²) in [6, 6.07) is 0. The quantitative estimate of drug-likeness (QED) is 0.819. The molecule has 2 aliphatic rings. The van der Waals surface area contributed by atoms with Crippen molar-refractivity contribution in [2.75, 3.05) is 18.9 Å². The molecule has 1 unspecified atom stereocenters. The van der Waals surface area contributed by atoms with Crippen LogP contribution in [0.25, 0.3) is 0 Å². The first-order valence-electron chi connectivity index (χ1n) is 5.89. The van der Waals surface area contributed by atoms with Gasteiger partial charge in [0.1, 0.15) is 11.6 Å². The highest BCUT2D eigenvalue weighted by atomic mass is 16.5. The highest BCUT2D eigenvalue weighted by Gasteiger charge is 2.28. The summed E-state index contributed by atoms with van der Waals surface area (Å²) in [6.45, 7) is 1.69. The second kappa shape index (κ2) is 3.97. The molecule has 16 heavy (non-hydrogen) atoms. The number of hydrogen-bond acceptors (Lipinski definition) is 5. The molecule has 2 fully saturated rings. The monoisotopic (exact) mass is 220 g/mol. The first-order valence-corrected chi connectivity index (χ1v) is 5.89. The van der Waals surface area contributed by atoms with E-state index in [-0.39, 0.29) is 0 Å². The molecule has 0 spiro atoms. The summed E-state index contributed by atoms with van der Waals surface area (Å²) < 4.78 is 5.35. The Balaban J connectivity index is 1.76. The summed E-state index contributed by atoms with van der Waals surface area (Å²) in [7, 11) is 0. The van der Waals surface area contributed by atoms with E-state index in [1.165, 1.54) is 12.8 Å². The Labute approximate surface area is 94.5 Å². The first-order chi connectivity index (χ1) is 7.81. The van der Waals surface area contributed by atoms with Crippen LogP contribution in [0.2, 0.25) is 0 Å². The van der Waals surface area contributed by atoms with E-state index in [4.69, 9.17) is 10.5 Å². The van der Waals surface area contributed by atoms with Gasteiger partial charge >= 0.3 is 0 Å². The lowest BCUT2D eigenvalue weighted by Gasteiger charge is -2.07. The first kappa shape index (κ1) is 9.96. The van der Waals surface area contributed by atoms with E-state index >= 15 is 0 Å². The van der Waals surface area contributed by atoms with Crippen molar-refractivity contribution in [2.45, 2.75) is 31.6 Å². The SMILES string of the molecule is Nc1nc(CC2CCOC2)nc(C2CC2)n1. The summed E-state index contributed by atoms with van der Waals surface area (Å²) in [5.41, 5.74) is 5.71. The van der Waals surface area contributed by atoms with Gasteiger partial charge < -0.3 is 10.5 Å². The summed E-state index contributed by atoms with van der Waals surface area (Å²) >= 11 is 0. The van der Waals surface area contributed by atoms with Crippen molar-refractivity contribution in [1.82, 2.24) is 15.0 Å². The fourth-order valence-corrected chi connectivity index (χ4v) is 2.07. The van der Waals surface area contributed by atoms with Gasteiger partial charge in [-0.1, -0.05) is 0 Å². The molecule has 86 valence electrons. The van der Waals surface area contributed by atoms with Gasteiger partial charge in [-0.3, -0.25) is 0 Å². The molecule has 1 aliphatic carbocycles. The Morgan fingerprint density at radius 2 is 2.06 bits per heavy atom. The number of ether oxygens (including phenoxy) is 1. The predicted molar refractivity (Wildman–Crippen MR) is 58.8 cm³/mol. The zero-order chi connectivity index (χ0) is 11.0. The Bertz CT molecular complexity index is 386. The maximum atomic E-state index is 5.71. The third kappa shape index (κ3) is 2.14. The van der Waals surface area contributed by atoms with Crippen LogP contribution >= 0.6 is 0 Å². The highest BCUT2D eigenvalue weighted by molar-refractivity contribution is 5.19. The van der Waals surface area contributed by atoms with Gasteiger partial charge in [0, 0.05) is 25.6 Å². The molecular formula is C11H16N4O. The van der Waals surface area contributed by atoms with Crippen molar-refractivity contribution in [1.29, 1.82) is 0 Å². The van der Waals surface area contributed by atoms with E-state index in [1.54, 1.807) is 0 Å². The van der Waals surface area contributed by atoms with Crippen molar-refractivity contribution in [3.8, 4) is 0 Å². The van der Waals surface area contributed by atoms with Gasteiger partial charge in [-0.25, -0.2) is 4.98 Å². The molecule has 1 saturated heterocycles. The molecule has 0 amide bonds. The molecule has 1 atom stereocenters. The maximum absolute atomic E-state index is 5.71. The van der Waals surface area contributed by atoms with Gasteiger partial charge in [0.25, 0.3) is 0 Å². The number of rotatable bonds is 3. The van der Waals surface area contributed by atoms with Crippen LogP contribution < -0.4 is 5.73 Å². The smallest absolute Gasteiger partial charge is 0.223 e. The minimum Gasteiger partial charge on any atom is -0.381 e. The lowest BCUT2D eigenvalue weighted by atomic mass is 10.1. The molecule has 1 aliphatic heterocycles. The molecule has 2 N–H and O–H groups in total. The Morgan fingerprint density at radius 3 is 2.75 bits per heavy atom. The van der Waals surface area contributed by atoms with E-state index in [0.29, 0.717) is 17.8 Å². The standard InChI is InChI=1S/C11H16N4O/c12-11-14-9(5-7-3-4-16-6-7)13-10(15-11)8-1-2-8/h7-8H,1-6H2,(H2,12,13,14,15). The fraction of sp³-hybridized carbons (Fsp3) is 0.727. The average molecular weight is 220 g/mol. The van der Waals surface area contributed by atoms with E-state index in [9.17, 15) is 0 Å². The van der Waals surface area contributed by atoms with Gasteiger partial charge in [0.2, 0.25) is 5.95 Å². The molecule has 1 aromatic rings. The van der Waals surface area contributed by atoms with E-state index in [2.05, 4.69) is 15.0 Å².